The average Bonchev–Trinajstić information content (AvgIpc) is 2.72. The standard InChI is InChI=1S/C24H18ClF2NO3/c25-20-3-1-2-19(22(20)27)23(30)28-18-10-6-16(7-11-18)24(13-31-14-24)21(29)12-15-4-8-17(26)9-5-15/h1-11H,12-14H2,(H,28,30). The summed E-state index contributed by atoms with van der Waals surface area (Å²) < 4.78 is 32.5. The summed E-state index contributed by atoms with van der Waals surface area (Å²) in [5.41, 5.74) is 1.00. The molecule has 0 bridgehead atoms. The van der Waals surface area contributed by atoms with E-state index in [0.717, 1.165) is 11.1 Å². The van der Waals surface area contributed by atoms with Gasteiger partial charge in [0.1, 0.15) is 11.2 Å². The van der Waals surface area contributed by atoms with Gasteiger partial charge in [0.25, 0.3) is 5.91 Å². The smallest absolute Gasteiger partial charge is 0.258 e. The molecule has 0 radical (unpaired) electrons. The second-order valence-corrected chi connectivity index (χ2v) is 7.84. The van der Waals surface area contributed by atoms with Crippen LogP contribution in [-0.4, -0.2) is 24.9 Å². The number of nitrogens with one attached hydrogen (secondary N) is 1. The van der Waals surface area contributed by atoms with Crippen LogP contribution in [0, 0.1) is 11.6 Å². The number of amides is 1. The van der Waals surface area contributed by atoms with E-state index in [1.54, 1.807) is 36.4 Å². The summed E-state index contributed by atoms with van der Waals surface area (Å²) in [6, 6.07) is 16.8. The lowest BCUT2D eigenvalue weighted by atomic mass is 9.73. The van der Waals surface area contributed by atoms with Gasteiger partial charge >= 0.3 is 0 Å². The molecule has 3 aromatic rings. The maximum atomic E-state index is 14.1. The van der Waals surface area contributed by atoms with E-state index >= 15 is 0 Å². The van der Waals surface area contributed by atoms with Gasteiger partial charge in [-0.1, -0.05) is 41.9 Å². The molecule has 158 valence electrons. The molecule has 1 aliphatic heterocycles. The summed E-state index contributed by atoms with van der Waals surface area (Å²) in [6.07, 6.45) is 0.163. The van der Waals surface area contributed by atoms with Gasteiger partial charge in [-0.3, -0.25) is 9.59 Å². The van der Waals surface area contributed by atoms with Gasteiger partial charge in [-0.25, -0.2) is 8.78 Å². The van der Waals surface area contributed by atoms with Crippen molar-refractivity contribution >= 4 is 29.0 Å². The van der Waals surface area contributed by atoms with Crippen LogP contribution in [0.5, 0.6) is 0 Å². The minimum atomic E-state index is -0.782. The van der Waals surface area contributed by atoms with Gasteiger partial charge in [-0.15, -0.1) is 0 Å². The van der Waals surface area contributed by atoms with Crippen LogP contribution in [0.4, 0.5) is 14.5 Å². The highest BCUT2D eigenvalue weighted by molar-refractivity contribution is 6.31. The van der Waals surface area contributed by atoms with Crippen LogP contribution in [0.15, 0.2) is 66.7 Å². The molecule has 0 spiro atoms. The number of anilines is 1. The Balaban J connectivity index is 1.49. The highest BCUT2D eigenvalue weighted by Gasteiger charge is 2.46. The molecular formula is C24H18ClF2NO3. The van der Waals surface area contributed by atoms with Crippen molar-refractivity contribution in [2.24, 2.45) is 0 Å². The first-order valence-corrected chi connectivity index (χ1v) is 9.98. The van der Waals surface area contributed by atoms with Crippen LogP contribution in [0.25, 0.3) is 0 Å². The first-order chi connectivity index (χ1) is 14.9. The second-order valence-electron chi connectivity index (χ2n) is 7.43. The molecular weight excluding hydrogens is 424 g/mol. The molecule has 3 aromatic carbocycles. The predicted octanol–water partition coefficient (Wildman–Crippen LogP) is 4.95. The summed E-state index contributed by atoms with van der Waals surface area (Å²) >= 11 is 5.73. The molecule has 1 heterocycles. The molecule has 7 heteroatoms. The molecule has 1 amide bonds. The lowest BCUT2D eigenvalue weighted by Gasteiger charge is -2.40. The molecule has 0 aliphatic carbocycles. The Labute approximate surface area is 182 Å². The summed E-state index contributed by atoms with van der Waals surface area (Å²) in [7, 11) is 0. The fraction of sp³-hybridized carbons (Fsp3) is 0.167. The highest BCUT2D eigenvalue weighted by atomic mass is 35.5. The fourth-order valence-electron chi connectivity index (χ4n) is 3.50. The minimum Gasteiger partial charge on any atom is -0.378 e. The zero-order chi connectivity index (χ0) is 22.0. The predicted molar refractivity (Wildman–Crippen MR) is 113 cm³/mol. The molecule has 1 fully saturated rings. The van der Waals surface area contributed by atoms with Crippen LogP contribution in [0.3, 0.4) is 0 Å². The van der Waals surface area contributed by atoms with Crippen LogP contribution in [0.1, 0.15) is 21.5 Å². The first-order valence-electron chi connectivity index (χ1n) is 9.60. The summed E-state index contributed by atoms with van der Waals surface area (Å²) in [5, 5.41) is 2.50. The number of halogens is 3. The number of benzene rings is 3. The van der Waals surface area contributed by atoms with Crippen molar-refractivity contribution in [1.29, 1.82) is 0 Å². The van der Waals surface area contributed by atoms with E-state index < -0.39 is 17.1 Å². The van der Waals surface area contributed by atoms with Gasteiger partial charge in [0.2, 0.25) is 0 Å². The van der Waals surface area contributed by atoms with Gasteiger partial charge in [0.15, 0.2) is 11.6 Å². The van der Waals surface area contributed by atoms with E-state index in [9.17, 15) is 18.4 Å². The molecule has 4 nitrogen and oxygen atoms in total. The van der Waals surface area contributed by atoms with Crippen molar-refractivity contribution in [3.8, 4) is 0 Å². The zero-order valence-corrected chi connectivity index (χ0v) is 17.1. The van der Waals surface area contributed by atoms with Gasteiger partial charge in [-0.2, -0.15) is 0 Å². The third-order valence-corrected chi connectivity index (χ3v) is 5.69. The molecule has 0 atom stereocenters. The Hall–Kier alpha value is -3.09. The van der Waals surface area contributed by atoms with Crippen molar-refractivity contribution in [3.05, 3.63) is 100 Å². The number of rotatable bonds is 6. The number of hydrogen-bond donors (Lipinski definition) is 1. The normalized spacial score (nSPS) is 14.5. The molecule has 0 saturated carbocycles. The van der Waals surface area contributed by atoms with E-state index in [1.165, 1.54) is 30.3 Å². The number of carbonyl (C=O) groups is 2. The number of carbonyl (C=O) groups excluding carboxylic acids is 2. The van der Waals surface area contributed by atoms with E-state index in [0.29, 0.717) is 5.69 Å². The van der Waals surface area contributed by atoms with Crippen molar-refractivity contribution in [1.82, 2.24) is 0 Å². The summed E-state index contributed by atoms with van der Waals surface area (Å²) in [5.74, 6) is -1.78. The lowest BCUT2D eigenvalue weighted by Crippen LogP contribution is -2.53. The van der Waals surface area contributed by atoms with Crippen molar-refractivity contribution < 1.29 is 23.1 Å². The SMILES string of the molecule is O=C(Nc1ccc(C2(C(=O)Cc3ccc(F)cc3)COC2)cc1)c1cccc(Cl)c1F. The molecule has 4 rings (SSSR count). The molecule has 1 aliphatic rings. The Morgan fingerprint density at radius 2 is 1.65 bits per heavy atom. The molecule has 0 unspecified atom stereocenters. The first kappa shape index (κ1) is 21.2. The van der Waals surface area contributed by atoms with Crippen molar-refractivity contribution in [3.63, 3.8) is 0 Å². The quantitative estimate of drug-likeness (QED) is 0.589. The third-order valence-electron chi connectivity index (χ3n) is 5.40. The van der Waals surface area contributed by atoms with E-state index in [4.69, 9.17) is 16.3 Å². The van der Waals surface area contributed by atoms with Crippen LogP contribution in [0.2, 0.25) is 5.02 Å². The Bertz CT molecular complexity index is 1130. The molecule has 31 heavy (non-hydrogen) atoms. The fourth-order valence-corrected chi connectivity index (χ4v) is 3.68. The number of ketones is 1. The maximum absolute atomic E-state index is 14.1. The van der Waals surface area contributed by atoms with Gasteiger partial charge in [-0.05, 0) is 47.5 Å². The summed E-state index contributed by atoms with van der Waals surface area (Å²) in [6.45, 7) is 0.513. The average molecular weight is 442 g/mol. The third kappa shape index (κ3) is 4.22. The number of hydrogen-bond acceptors (Lipinski definition) is 3. The zero-order valence-electron chi connectivity index (χ0n) is 16.3. The van der Waals surface area contributed by atoms with Gasteiger partial charge < -0.3 is 10.1 Å². The monoisotopic (exact) mass is 441 g/mol. The summed E-state index contributed by atoms with van der Waals surface area (Å²) in [4.78, 5) is 25.4. The number of Topliss-reactive ketones (excluding diaryl/α,β-unsaturated/α-hetero) is 1. The van der Waals surface area contributed by atoms with Gasteiger partial charge in [0.05, 0.1) is 23.8 Å². The topological polar surface area (TPSA) is 55.4 Å². The second kappa shape index (κ2) is 8.57. The lowest BCUT2D eigenvalue weighted by molar-refractivity contribution is -0.142. The minimum absolute atomic E-state index is 0.0249. The van der Waals surface area contributed by atoms with Crippen LogP contribution in [-0.2, 0) is 21.4 Å². The maximum Gasteiger partial charge on any atom is 0.258 e. The molecule has 1 saturated heterocycles. The Morgan fingerprint density at radius 1 is 0.968 bits per heavy atom. The molecule has 1 N–H and O–H groups in total. The van der Waals surface area contributed by atoms with Crippen molar-refractivity contribution in [2.45, 2.75) is 11.8 Å². The highest BCUT2D eigenvalue weighted by Crippen LogP contribution is 2.35. The van der Waals surface area contributed by atoms with Gasteiger partial charge in [0, 0.05) is 12.1 Å². The van der Waals surface area contributed by atoms with Crippen molar-refractivity contribution in [2.75, 3.05) is 18.5 Å². The Morgan fingerprint density at radius 3 is 2.26 bits per heavy atom. The largest absolute Gasteiger partial charge is 0.378 e. The van der Waals surface area contributed by atoms with E-state index in [-0.39, 0.29) is 41.8 Å². The number of ether oxygens (including phenoxy) is 1. The Kier molecular flexibility index (Phi) is 5.85. The van der Waals surface area contributed by atoms with Crippen LogP contribution < -0.4 is 5.32 Å². The van der Waals surface area contributed by atoms with E-state index in [2.05, 4.69) is 5.32 Å². The van der Waals surface area contributed by atoms with E-state index in [1.807, 2.05) is 0 Å². The molecule has 0 aromatic heterocycles. The van der Waals surface area contributed by atoms with Crippen LogP contribution >= 0.6 is 11.6 Å².